The number of carbonyl (C=O) groups is 1. The van der Waals surface area contributed by atoms with Gasteiger partial charge in [-0.15, -0.1) is 0 Å². The van der Waals surface area contributed by atoms with Crippen molar-refractivity contribution in [2.75, 3.05) is 19.0 Å². The van der Waals surface area contributed by atoms with Crippen LogP contribution in [0.3, 0.4) is 0 Å². The first kappa shape index (κ1) is 14.7. The molecule has 1 heterocycles. The van der Waals surface area contributed by atoms with E-state index in [1.807, 2.05) is 6.92 Å². The van der Waals surface area contributed by atoms with Crippen molar-refractivity contribution < 1.29 is 9.53 Å². The van der Waals surface area contributed by atoms with E-state index >= 15 is 0 Å². The Morgan fingerprint density at radius 3 is 2.94 bits per heavy atom. The van der Waals surface area contributed by atoms with Crippen LogP contribution in [-0.4, -0.2) is 35.4 Å². The summed E-state index contributed by atoms with van der Waals surface area (Å²) in [5, 5.41) is 6.86. The van der Waals surface area contributed by atoms with Gasteiger partial charge in [-0.3, -0.25) is 9.59 Å². The predicted molar refractivity (Wildman–Crippen MR) is 70.4 cm³/mol. The van der Waals surface area contributed by atoms with Gasteiger partial charge < -0.3 is 15.8 Å². The smallest absolute Gasteiger partial charge is 0.327 e. The first-order valence-corrected chi connectivity index (χ1v) is 6.07. The number of halogens is 1. The summed E-state index contributed by atoms with van der Waals surface area (Å²) in [6, 6.07) is -0.0469. The van der Waals surface area contributed by atoms with Crippen LogP contribution in [0, 0.1) is 0 Å². The highest BCUT2D eigenvalue weighted by atomic mass is 79.9. The van der Waals surface area contributed by atoms with Crippen molar-refractivity contribution in [1.29, 1.82) is 0 Å². The van der Waals surface area contributed by atoms with Crippen molar-refractivity contribution in [2.45, 2.75) is 19.5 Å². The van der Waals surface area contributed by atoms with Gasteiger partial charge in [-0.25, -0.2) is 4.68 Å². The van der Waals surface area contributed by atoms with Crippen LogP contribution in [-0.2, 0) is 16.1 Å². The minimum absolute atomic E-state index is 0.0469. The highest BCUT2D eigenvalue weighted by Gasteiger charge is 2.11. The Morgan fingerprint density at radius 1 is 1.72 bits per heavy atom. The molecule has 0 aliphatic rings. The number of ether oxygens (including phenoxy) is 1. The average Bonchev–Trinajstić information content (AvgIpc) is 2.33. The van der Waals surface area contributed by atoms with E-state index in [1.165, 1.54) is 13.3 Å². The first-order chi connectivity index (χ1) is 8.45. The number of nitrogens with one attached hydrogen (secondary N) is 1. The Kier molecular flexibility index (Phi) is 5.29. The molecule has 0 amide bonds. The molecular weight excluding hydrogens is 304 g/mol. The van der Waals surface area contributed by atoms with E-state index in [0.29, 0.717) is 16.7 Å². The zero-order chi connectivity index (χ0) is 13.7. The summed E-state index contributed by atoms with van der Waals surface area (Å²) in [6.07, 6.45) is 1.46. The minimum Gasteiger partial charge on any atom is -0.468 e. The number of hydrogen-bond donors (Lipinski definition) is 2. The number of anilines is 1. The van der Waals surface area contributed by atoms with Gasteiger partial charge in [-0.05, 0) is 22.9 Å². The lowest BCUT2D eigenvalue weighted by atomic mass is 10.3. The number of carbonyl (C=O) groups excluding carboxylic acids is 1. The lowest BCUT2D eigenvalue weighted by Gasteiger charge is -2.11. The lowest BCUT2D eigenvalue weighted by Crippen LogP contribution is -2.30. The van der Waals surface area contributed by atoms with E-state index in [9.17, 15) is 9.59 Å². The van der Waals surface area contributed by atoms with Gasteiger partial charge in [0.1, 0.15) is 11.0 Å². The molecule has 7 nitrogen and oxygen atoms in total. The summed E-state index contributed by atoms with van der Waals surface area (Å²) in [5.41, 5.74) is 5.73. The molecule has 0 bridgehead atoms. The fraction of sp³-hybridized carbons (Fsp3) is 0.500. The molecule has 100 valence electrons. The van der Waals surface area contributed by atoms with Crippen LogP contribution in [0.15, 0.2) is 15.5 Å². The van der Waals surface area contributed by atoms with E-state index in [2.05, 4.69) is 31.1 Å². The predicted octanol–water partition coefficient (Wildman–Crippen LogP) is -0.0621. The monoisotopic (exact) mass is 318 g/mol. The summed E-state index contributed by atoms with van der Waals surface area (Å²) in [7, 11) is 1.25. The fourth-order valence-corrected chi connectivity index (χ4v) is 1.61. The van der Waals surface area contributed by atoms with Crippen LogP contribution in [0.1, 0.15) is 6.92 Å². The summed E-state index contributed by atoms with van der Waals surface area (Å²) < 4.78 is 5.80. The molecular formula is C10H15BrN4O3. The van der Waals surface area contributed by atoms with Gasteiger partial charge in [0.05, 0.1) is 19.0 Å². The largest absolute Gasteiger partial charge is 0.468 e. The van der Waals surface area contributed by atoms with Crippen LogP contribution in [0.4, 0.5) is 5.69 Å². The van der Waals surface area contributed by atoms with Crippen molar-refractivity contribution in [1.82, 2.24) is 9.78 Å². The van der Waals surface area contributed by atoms with Crippen LogP contribution in [0.2, 0.25) is 0 Å². The van der Waals surface area contributed by atoms with Gasteiger partial charge in [0.15, 0.2) is 0 Å². The second-order valence-electron chi connectivity index (χ2n) is 3.77. The van der Waals surface area contributed by atoms with E-state index < -0.39 is 11.5 Å². The molecule has 0 saturated carbocycles. The standard InChI is InChI=1S/C10H15BrN4O3/c1-6(12)3-13-7-4-14-15(5-8(16)18-2)10(17)9(7)11/h4,6,13H,3,5,12H2,1-2H3. The second-order valence-corrected chi connectivity index (χ2v) is 4.56. The third-order valence-electron chi connectivity index (χ3n) is 2.11. The Hall–Kier alpha value is -1.41. The molecule has 0 spiro atoms. The van der Waals surface area contributed by atoms with Crippen molar-refractivity contribution in [3.63, 3.8) is 0 Å². The highest BCUT2D eigenvalue weighted by Crippen LogP contribution is 2.15. The van der Waals surface area contributed by atoms with E-state index in [-0.39, 0.29) is 12.6 Å². The Bertz CT molecular complexity index is 487. The highest BCUT2D eigenvalue weighted by molar-refractivity contribution is 9.10. The van der Waals surface area contributed by atoms with Gasteiger partial charge in [-0.1, -0.05) is 0 Å². The maximum Gasteiger partial charge on any atom is 0.327 e. The van der Waals surface area contributed by atoms with Gasteiger partial charge in [-0.2, -0.15) is 5.10 Å². The molecule has 0 aliphatic carbocycles. The minimum atomic E-state index is -0.534. The van der Waals surface area contributed by atoms with E-state index in [1.54, 1.807) is 0 Å². The molecule has 0 saturated heterocycles. The first-order valence-electron chi connectivity index (χ1n) is 5.27. The molecule has 3 N–H and O–H groups in total. The van der Waals surface area contributed by atoms with Crippen LogP contribution in [0.25, 0.3) is 0 Å². The lowest BCUT2D eigenvalue weighted by molar-refractivity contribution is -0.141. The molecule has 1 unspecified atom stereocenters. The third kappa shape index (κ3) is 3.81. The SMILES string of the molecule is COC(=O)Cn1ncc(NCC(C)N)c(Br)c1=O. The zero-order valence-electron chi connectivity index (χ0n) is 10.1. The fourth-order valence-electron chi connectivity index (χ4n) is 1.16. The number of rotatable bonds is 5. The maximum absolute atomic E-state index is 11.9. The summed E-state index contributed by atoms with van der Waals surface area (Å²) in [4.78, 5) is 22.9. The molecule has 0 fully saturated rings. The van der Waals surface area contributed by atoms with Crippen LogP contribution in [0.5, 0.6) is 0 Å². The molecule has 1 aromatic rings. The summed E-state index contributed by atoms with van der Waals surface area (Å²) in [5.74, 6) is -0.534. The molecule has 0 aliphatic heterocycles. The van der Waals surface area contributed by atoms with E-state index in [4.69, 9.17) is 5.73 Å². The quantitative estimate of drug-likeness (QED) is 0.738. The number of nitrogens with two attached hydrogens (primary N) is 1. The van der Waals surface area contributed by atoms with Gasteiger partial charge in [0, 0.05) is 12.6 Å². The topological polar surface area (TPSA) is 99.2 Å². The second kappa shape index (κ2) is 6.50. The number of aromatic nitrogens is 2. The average molecular weight is 319 g/mol. The van der Waals surface area contributed by atoms with Crippen molar-refractivity contribution in [3.05, 3.63) is 21.0 Å². The Morgan fingerprint density at radius 2 is 2.39 bits per heavy atom. The molecule has 1 atom stereocenters. The molecule has 18 heavy (non-hydrogen) atoms. The Labute approximate surface area is 112 Å². The maximum atomic E-state index is 11.9. The number of nitrogens with zero attached hydrogens (tertiary/aromatic N) is 2. The zero-order valence-corrected chi connectivity index (χ0v) is 11.7. The number of esters is 1. The normalized spacial score (nSPS) is 12.0. The van der Waals surface area contributed by atoms with Crippen molar-refractivity contribution >= 4 is 27.6 Å². The van der Waals surface area contributed by atoms with Crippen LogP contribution >= 0.6 is 15.9 Å². The van der Waals surface area contributed by atoms with Gasteiger partial charge in [0.2, 0.25) is 0 Å². The molecule has 1 aromatic heterocycles. The van der Waals surface area contributed by atoms with Crippen LogP contribution < -0.4 is 16.6 Å². The molecule has 0 radical (unpaired) electrons. The third-order valence-corrected chi connectivity index (χ3v) is 2.87. The number of methoxy groups -OCH3 is 1. The Balaban J connectivity index is 2.91. The molecule has 8 heteroatoms. The van der Waals surface area contributed by atoms with E-state index in [0.717, 1.165) is 4.68 Å². The molecule has 0 aromatic carbocycles. The van der Waals surface area contributed by atoms with Crippen molar-refractivity contribution in [3.8, 4) is 0 Å². The summed E-state index contributed by atoms with van der Waals surface area (Å²) in [6.45, 7) is 2.13. The van der Waals surface area contributed by atoms with Gasteiger partial charge >= 0.3 is 5.97 Å². The summed E-state index contributed by atoms with van der Waals surface area (Å²) >= 11 is 3.16. The van der Waals surface area contributed by atoms with Crippen molar-refractivity contribution in [2.24, 2.45) is 5.73 Å². The van der Waals surface area contributed by atoms with Gasteiger partial charge in [0.25, 0.3) is 5.56 Å². The number of hydrogen-bond acceptors (Lipinski definition) is 6. The molecule has 1 rings (SSSR count).